The molecule has 2 aromatic carbocycles. The van der Waals surface area contributed by atoms with Gasteiger partial charge < -0.3 is 9.80 Å². The number of nitrogens with zero attached hydrogens (tertiary/aromatic N) is 4. The lowest BCUT2D eigenvalue weighted by atomic mass is 10.1. The lowest BCUT2D eigenvalue weighted by Gasteiger charge is -2.35. The minimum Gasteiger partial charge on any atom is -0.331 e. The van der Waals surface area contributed by atoms with E-state index in [1.807, 2.05) is 0 Å². The third kappa shape index (κ3) is 3.20. The zero-order valence-corrected chi connectivity index (χ0v) is 18.3. The van der Waals surface area contributed by atoms with Crippen molar-refractivity contribution >= 4 is 39.5 Å². The highest BCUT2D eigenvalue weighted by molar-refractivity contribution is 9.10. The third-order valence-electron chi connectivity index (χ3n) is 6.28. The molecule has 0 aliphatic carbocycles. The fourth-order valence-electron chi connectivity index (χ4n) is 4.92. The number of hydrogen-bond acceptors (Lipinski definition) is 4. The van der Waals surface area contributed by atoms with Crippen LogP contribution in [0, 0.1) is 11.3 Å². The van der Waals surface area contributed by atoms with Crippen LogP contribution in [0.15, 0.2) is 46.9 Å². The van der Waals surface area contributed by atoms with Crippen molar-refractivity contribution in [2.24, 2.45) is 0 Å². The van der Waals surface area contributed by atoms with Crippen LogP contribution in [0.4, 0.5) is 23.7 Å². The summed E-state index contributed by atoms with van der Waals surface area (Å²) in [6, 6.07) is 8.37. The SMILES string of the molecule is N#Cc1ccc(N2C(=O)[C@@H]3[C@@H]4C[C@@H](CN4C(=O)c4cccc(Br)c4)N3C2=O)cc1C(F)(F)F. The van der Waals surface area contributed by atoms with Gasteiger partial charge in [0.2, 0.25) is 0 Å². The van der Waals surface area contributed by atoms with Crippen LogP contribution in [-0.4, -0.2) is 52.3 Å². The number of nitriles is 1. The molecule has 11 heteroatoms. The second kappa shape index (κ2) is 7.31. The molecule has 0 aromatic heterocycles. The minimum absolute atomic E-state index is 0.237. The zero-order valence-electron chi connectivity index (χ0n) is 16.7. The predicted molar refractivity (Wildman–Crippen MR) is 112 cm³/mol. The number of amides is 4. The molecular weight excluding hydrogens is 505 g/mol. The molecule has 3 aliphatic heterocycles. The molecule has 0 spiro atoms. The number of imide groups is 1. The number of urea groups is 1. The van der Waals surface area contributed by atoms with E-state index in [4.69, 9.17) is 5.26 Å². The number of hydrogen-bond donors (Lipinski definition) is 0. The van der Waals surface area contributed by atoms with Gasteiger partial charge in [0, 0.05) is 16.6 Å². The Hall–Kier alpha value is -3.39. The maximum absolute atomic E-state index is 13.4. The largest absolute Gasteiger partial charge is 0.417 e. The van der Waals surface area contributed by atoms with Crippen molar-refractivity contribution in [2.75, 3.05) is 11.4 Å². The van der Waals surface area contributed by atoms with Crippen molar-refractivity contribution < 1.29 is 27.6 Å². The lowest BCUT2D eigenvalue weighted by molar-refractivity contribution is -0.137. The minimum atomic E-state index is -4.82. The van der Waals surface area contributed by atoms with Gasteiger partial charge in [-0.25, -0.2) is 9.69 Å². The first-order valence-corrected chi connectivity index (χ1v) is 10.7. The van der Waals surface area contributed by atoms with Crippen LogP contribution >= 0.6 is 15.9 Å². The first-order chi connectivity index (χ1) is 15.6. The Labute approximate surface area is 194 Å². The van der Waals surface area contributed by atoms with Gasteiger partial charge in [-0.2, -0.15) is 18.4 Å². The summed E-state index contributed by atoms with van der Waals surface area (Å²) in [5, 5.41) is 9.00. The van der Waals surface area contributed by atoms with E-state index in [1.165, 1.54) is 11.0 Å². The molecule has 0 radical (unpaired) electrons. The Morgan fingerprint density at radius 2 is 1.91 bits per heavy atom. The predicted octanol–water partition coefficient (Wildman–Crippen LogP) is 3.77. The smallest absolute Gasteiger partial charge is 0.331 e. The number of benzene rings is 2. The maximum Gasteiger partial charge on any atom is 0.417 e. The molecule has 5 rings (SSSR count). The van der Waals surface area contributed by atoms with E-state index >= 15 is 0 Å². The Morgan fingerprint density at radius 1 is 1.15 bits per heavy atom. The van der Waals surface area contributed by atoms with Gasteiger partial charge in [-0.05, 0) is 42.8 Å². The van der Waals surface area contributed by atoms with E-state index in [0.29, 0.717) is 23.0 Å². The van der Waals surface area contributed by atoms with E-state index in [9.17, 15) is 27.6 Å². The van der Waals surface area contributed by atoms with Gasteiger partial charge in [0.05, 0.1) is 35.0 Å². The average Bonchev–Trinajstić information content (AvgIpc) is 3.43. The van der Waals surface area contributed by atoms with Gasteiger partial charge in [0.25, 0.3) is 11.8 Å². The van der Waals surface area contributed by atoms with Crippen molar-refractivity contribution in [3.63, 3.8) is 0 Å². The molecule has 168 valence electrons. The van der Waals surface area contributed by atoms with Crippen LogP contribution in [-0.2, 0) is 11.0 Å². The summed E-state index contributed by atoms with van der Waals surface area (Å²) in [5.74, 6) is -0.961. The summed E-state index contributed by atoms with van der Waals surface area (Å²) >= 11 is 3.32. The van der Waals surface area contributed by atoms with Crippen molar-refractivity contribution in [3.05, 3.63) is 63.6 Å². The molecule has 0 N–H and O–H groups in total. The molecular formula is C22H14BrF3N4O3. The fraction of sp³-hybridized carbons (Fsp3) is 0.273. The van der Waals surface area contributed by atoms with Gasteiger partial charge in [-0.1, -0.05) is 22.0 Å². The molecule has 2 aromatic rings. The fourth-order valence-corrected chi connectivity index (χ4v) is 5.32. The van der Waals surface area contributed by atoms with Crippen molar-refractivity contribution in [1.29, 1.82) is 5.26 Å². The van der Waals surface area contributed by atoms with Gasteiger partial charge in [-0.3, -0.25) is 9.59 Å². The molecule has 7 nitrogen and oxygen atoms in total. The van der Waals surface area contributed by atoms with E-state index in [-0.39, 0.29) is 18.1 Å². The van der Waals surface area contributed by atoms with Crippen LogP contribution in [0.3, 0.4) is 0 Å². The first kappa shape index (κ1) is 21.5. The summed E-state index contributed by atoms with van der Waals surface area (Å²) in [6.07, 6.45) is -4.40. The summed E-state index contributed by atoms with van der Waals surface area (Å²) in [7, 11) is 0. The summed E-state index contributed by atoms with van der Waals surface area (Å²) in [6.45, 7) is 0.237. The first-order valence-electron chi connectivity index (χ1n) is 9.96. The lowest BCUT2D eigenvalue weighted by Crippen LogP contribution is -2.54. The third-order valence-corrected chi connectivity index (χ3v) is 6.78. The Morgan fingerprint density at radius 3 is 2.58 bits per heavy atom. The normalized spacial score (nSPS) is 23.8. The molecule has 3 atom stereocenters. The summed E-state index contributed by atoms with van der Waals surface area (Å²) < 4.78 is 40.9. The van der Waals surface area contributed by atoms with E-state index in [1.54, 1.807) is 29.2 Å². The monoisotopic (exact) mass is 518 g/mol. The second-order valence-electron chi connectivity index (χ2n) is 8.07. The van der Waals surface area contributed by atoms with Gasteiger partial charge in [-0.15, -0.1) is 0 Å². The second-order valence-corrected chi connectivity index (χ2v) is 8.99. The molecule has 2 bridgehead atoms. The molecule has 0 saturated carbocycles. The molecule has 0 unspecified atom stereocenters. The van der Waals surface area contributed by atoms with Gasteiger partial charge >= 0.3 is 12.2 Å². The van der Waals surface area contributed by atoms with Crippen LogP contribution < -0.4 is 4.90 Å². The summed E-state index contributed by atoms with van der Waals surface area (Å²) in [4.78, 5) is 43.0. The highest BCUT2D eigenvalue weighted by Gasteiger charge is 2.63. The number of carbonyl (C=O) groups is 3. The highest BCUT2D eigenvalue weighted by atomic mass is 79.9. The number of piperazine rings is 1. The molecule has 3 fully saturated rings. The van der Waals surface area contributed by atoms with Crippen molar-refractivity contribution in [1.82, 2.24) is 9.80 Å². The van der Waals surface area contributed by atoms with E-state index in [2.05, 4.69) is 15.9 Å². The van der Waals surface area contributed by atoms with Gasteiger partial charge in [0.15, 0.2) is 0 Å². The standard InChI is InChI=1S/C22H14BrF3N4O3/c23-13-3-1-2-11(6-13)19(31)28-10-15-8-17(28)18-20(32)30(21(33)29(15)18)14-5-4-12(9-27)16(7-14)22(24,25)26/h1-7,15,17-18H,8,10H2/t15-,17-,18-/m0/s1. The number of carbonyl (C=O) groups excluding carboxylic acids is 3. The topological polar surface area (TPSA) is 84.7 Å². The number of alkyl halides is 3. The molecule has 33 heavy (non-hydrogen) atoms. The van der Waals surface area contributed by atoms with E-state index in [0.717, 1.165) is 16.6 Å². The molecule has 3 saturated heterocycles. The van der Waals surface area contributed by atoms with Crippen LogP contribution in [0.2, 0.25) is 0 Å². The number of fused-ring (bicyclic) bond motifs is 5. The van der Waals surface area contributed by atoms with Crippen LogP contribution in [0.5, 0.6) is 0 Å². The summed E-state index contributed by atoms with van der Waals surface area (Å²) in [5.41, 5.74) is -1.64. The number of likely N-dealkylation sites (tertiary alicyclic amines) is 1. The Kier molecular flexibility index (Phi) is 4.75. The van der Waals surface area contributed by atoms with Crippen molar-refractivity contribution in [2.45, 2.75) is 30.7 Å². The van der Waals surface area contributed by atoms with Crippen LogP contribution in [0.25, 0.3) is 0 Å². The van der Waals surface area contributed by atoms with E-state index < -0.39 is 47.4 Å². The number of anilines is 1. The number of rotatable bonds is 2. The molecule has 3 heterocycles. The number of halogens is 4. The molecule has 3 aliphatic rings. The molecule has 4 amide bonds. The quantitative estimate of drug-likeness (QED) is 0.566. The zero-order chi connectivity index (χ0) is 23.7. The Balaban J connectivity index is 1.47. The van der Waals surface area contributed by atoms with Crippen molar-refractivity contribution in [3.8, 4) is 6.07 Å². The highest BCUT2D eigenvalue weighted by Crippen LogP contribution is 2.44. The maximum atomic E-state index is 13.4. The van der Waals surface area contributed by atoms with Crippen LogP contribution in [0.1, 0.15) is 27.9 Å². The Bertz CT molecular complexity index is 1260. The average molecular weight is 519 g/mol. The van der Waals surface area contributed by atoms with Gasteiger partial charge in [0.1, 0.15) is 6.04 Å².